The molecule has 7 nitrogen and oxygen atoms in total. The van der Waals surface area contributed by atoms with E-state index < -0.39 is 15.8 Å². The first-order valence-electron chi connectivity index (χ1n) is 10.4. The lowest BCUT2D eigenvalue weighted by atomic mass is 9.97. The van der Waals surface area contributed by atoms with Gasteiger partial charge in [0.05, 0.1) is 16.9 Å². The second kappa shape index (κ2) is 8.84. The van der Waals surface area contributed by atoms with Crippen molar-refractivity contribution in [2.45, 2.75) is 31.6 Å². The van der Waals surface area contributed by atoms with Crippen molar-refractivity contribution in [3.63, 3.8) is 0 Å². The largest absolute Gasteiger partial charge is 0.326 e. The van der Waals surface area contributed by atoms with Gasteiger partial charge in [-0.1, -0.05) is 17.7 Å². The van der Waals surface area contributed by atoms with E-state index in [9.17, 15) is 17.6 Å². The van der Waals surface area contributed by atoms with Crippen LogP contribution in [-0.4, -0.2) is 41.3 Å². The van der Waals surface area contributed by atoms with Crippen molar-refractivity contribution in [3.8, 4) is 5.69 Å². The van der Waals surface area contributed by atoms with Crippen LogP contribution in [0.15, 0.2) is 60.0 Å². The second-order valence-electron chi connectivity index (χ2n) is 8.07. The molecule has 0 bridgehead atoms. The minimum atomic E-state index is -3.60. The average molecular weight is 457 g/mol. The molecule has 1 aliphatic rings. The molecule has 2 aromatic carbocycles. The molecule has 1 fully saturated rings. The summed E-state index contributed by atoms with van der Waals surface area (Å²) in [6.45, 7) is 4.24. The number of nitrogens with one attached hydrogen (secondary N) is 1. The third-order valence-electron chi connectivity index (χ3n) is 5.77. The van der Waals surface area contributed by atoms with Gasteiger partial charge in [-0.25, -0.2) is 17.8 Å². The Balaban J connectivity index is 1.39. The Morgan fingerprint density at radius 3 is 2.50 bits per heavy atom. The van der Waals surface area contributed by atoms with Crippen molar-refractivity contribution >= 4 is 21.6 Å². The van der Waals surface area contributed by atoms with Gasteiger partial charge >= 0.3 is 0 Å². The Labute approximate surface area is 186 Å². The first-order chi connectivity index (χ1) is 15.3. The van der Waals surface area contributed by atoms with Gasteiger partial charge in [-0.05, 0) is 56.5 Å². The van der Waals surface area contributed by atoms with E-state index in [0.29, 0.717) is 34.7 Å². The number of benzene rings is 2. The fourth-order valence-electron chi connectivity index (χ4n) is 4.03. The van der Waals surface area contributed by atoms with Gasteiger partial charge in [-0.15, -0.1) is 0 Å². The molecule has 0 unspecified atom stereocenters. The molecular formula is C23H25FN4O3S. The van der Waals surface area contributed by atoms with Gasteiger partial charge in [-0.2, -0.15) is 4.31 Å². The van der Waals surface area contributed by atoms with Gasteiger partial charge in [0.15, 0.2) is 0 Å². The van der Waals surface area contributed by atoms with E-state index in [-0.39, 0.29) is 24.9 Å². The molecule has 0 saturated carbocycles. The fourth-order valence-corrected chi connectivity index (χ4v) is 5.70. The zero-order valence-electron chi connectivity index (χ0n) is 18.0. The van der Waals surface area contributed by atoms with Gasteiger partial charge in [0, 0.05) is 37.1 Å². The first kappa shape index (κ1) is 22.2. The Morgan fingerprint density at radius 2 is 1.88 bits per heavy atom. The topological polar surface area (TPSA) is 84.3 Å². The molecule has 3 aromatic rings. The van der Waals surface area contributed by atoms with Gasteiger partial charge in [0.2, 0.25) is 15.9 Å². The molecule has 2 heterocycles. The molecule has 4 rings (SSSR count). The maximum absolute atomic E-state index is 14.4. The van der Waals surface area contributed by atoms with Crippen molar-refractivity contribution in [2.24, 2.45) is 5.92 Å². The number of rotatable bonds is 5. The van der Waals surface area contributed by atoms with Gasteiger partial charge < -0.3 is 9.88 Å². The quantitative estimate of drug-likeness (QED) is 0.635. The summed E-state index contributed by atoms with van der Waals surface area (Å²) >= 11 is 0. The fraction of sp³-hybridized carbons (Fsp3) is 0.304. The lowest BCUT2D eigenvalue weighted by molar-refractivity contribution is -0.120. The van der Waals surface area contributed by atoms with Crippen molar-refractivity contribution < 1.29 is 17.6 Å². The van der Waals surface area contributed by atoms with Crippen LogP contribution in [0.3, 0.4) is 0 Å². The Bertz CT molecular complexity index is 1230. The average Bonchev–Trinajstić information content (AvgIpc) is 3.28. The van der Waals surface area contributed by atoms with Crippen LogP contribution >= 0.6 is 0 Å². The molecule has 1 amide bonds. The molecule has 0 spiro atoms. The minimum absolute atomic E-state index is 0.233. The van der Waals surface area contributed by atoms with E-state index in [1.807, 2.05) is 13.0 Å². The summed E-state index contributed by atoms with van der Waals surface area (Å²) in [6.07, 6.45) is 5.51. The highest BCUT2D eigenvalue weighted by molar-refractivity contribution is 7.89. The molecule has 168 valence electrons. The summed E-state index contributed by atoms with van der Waals surface area (Å²) in [5.74, 6) is -1.05. The predicted molar refractivity (Wildman–Crippen MR) is 120 cm³/mol. The Kier molecular flexibility index (Phi) is 6.12. The highest BCUT2D eigenvalue weighted by atomic mass is 32.2. The van der Waals surface area contributed by atoms with E-state index in [4.69, 9.17) is 0 Å². The number of hydrogen-bond acceptors (Lipinski definition) is 4. The molecule has 0 aliphatic carbocycles. The summed E-state index contributed by atoms with van der Waals surface area (Å²) in [4.78, 5) is 16.9. The predicted octanol–water partition coefficient (Wildman–Crippen LogP) is 3.67. The van der Waals surface area contributed by atoms with E-state index in [1.54, 1.807) is 48.1 Å². The number of anilines is 1. The van der Waals surface area contributed by atoms with Gasteiger partial charge in [-0.3, -0.25) is 4.79 Å². The zero-order chi connectivity index (χ0) is 22.9. The lowest BCUT2D eigenvalue weighted by Crippen LogP contribution is -2.41. The van der Waals surface area contributed by atoms with E-state index in [0.717, 1.165) is 5.56 Å². The van der Waals surface area contributed by atoms with Crippen LogP contribution in [-0.2, 0) is 14.8 Å². The smallest absolute Gasteiger partial charge is 0.243 e. The van der Waals surface area contributed by atoms with Crippen LogP contribution in [0.1, 0.15) is 24.0 Å². The first-order valence-corrected chi connectivity index (χ1v) is 11.9. The summed E-state index contributed by atoms with van der Waals surface area (Å²) in [5, 5.41) is 2.75. The molecule has 9 heteroatoms. The number of piperidine rings is 1. The number of hydrogen-bond donors (Lipinski definition) is 1. The minimum Gasteiger partial charge on any atom is -0.326 e. The Hall–Kier alpha value is -3.04. The summed E-state index contributed by atoms with van der Waals surface area (Å²) < 4.78 is 43.5. The highest BCUT2D eigenvalue weighted by Crippen LogP contribution is 2.27. The van der Waals surface area contributed by atoms with Crippen LogP contribution in [0.2, 0.25) is 0 Å². The molecule has 1 aromatic heterocycles. The molecule has 0 atom stereocenters. The summed E-state index contributed by atoms with van der Waals surface area (Å²) in [6, 6.07) is 9.76. The molecule has 0 radical (unpaired) electrons. The van der Waals surface area contributed by atoms with Crippen molar-refractivity contribution in [1.82, 2.24) is 13.9 Å². The number of aromatic nitrogens is 2. The van der Waals surface area contributed by atoms with Gasteiger partial charge in [0.25, 0.3) is 0 Å². The normalized spacial score (nSPS) is 15.6. The standard InChI is InChI=1S/C23H25FN4O3S/c1-16-3-6-22(17(2)13-16)32(30,31)28-10-7-18(8-11-28)23(29)26-19-4-5-21(20(24)14-19)27-12-9-25-15-27/h3-6,9,12-15,18H,7-8,10-11H2,1-2H3,(H,26,29). The maximum Gasteiger partial charge on any atom is 0.243 e. The number of carbonyl (C=O) groups excluding carboxylic acids is 1. The number of aryl methyl sites for hydroxylation is 2. The van der Waals surface area contributed by atoms with E-state index in [1.165, 1.54) is 16.7 Å². The highest BCUT2D eigenvalue weighted by Gasteiger charge is 2.32. The monoisotopic (exact) mass is 456 g/mol. The molecule has 1 aliphatic heterocycles. The Morgan fingerprint density at radius 1 is 1.12 bits per heavy atom. The number of imidazole rings is 1. The van der Waals surface area contributed by atoms with Crippen molar-refractivity contribution in [1.29, 1.82) is 0 Å². The van der Waals surface area contributed by atoms with Crippen LogP contribution in [0.25, 0.3) is 5.69 Å². The van der Waals surface area contributed by atoms with Crippen molar-refractivity contribution in [2.75, 3.05) is 18.4 Å². The summed E-state index contributed by atoms with van der Waals surface area (Å²) in [5.41, 5.74) is 2.42. The lowest BCUT2D eigenvalue weighted by Gasteiger charge is -2.31. The molecule has 1 saturated heterocycles. The number of carbonyl (C=O) groups is 1. The molecule has 32 heavy (non-hydrogen) atoms. The third-order valence-corrected chi connectivity index (χ3v) is 7.83. The molecule has 1 N–H and O–H groups in total. The van der Waals surface area contributed by atoms with E-state index >= 15 is 0 Å². The number of amides is 1. The molecular weight excluding hydrogens is 431 g/mol. The van der Waals surface area contributed by atoms with Crippen molar-refractivity contribution in [3.05, 3.63) is 72.1 Å². The maximum atomic E-state index is 14.4. The number of sulfonamides is 1. The van der Waals surface area contributed by atoms with Crippen LogP contribution in [0.5, 0.6) is 0 Å². The van der Waals surface area contributed by atoms with Crippen LogP contribution in [0, 0.1) is 25.6 Å². The van der Waals surface area contributed by atoms with Gasteiger partial charge in [0.1, 0.15) is 5.82 Å². The SMILES string of the molecule is Cc1ccc(S(=O)(=O)N2CCC(C(=O)Nc3ccc(-n4ccnc4)c(F)c3)CC2)c(C)c1. The zero-order valence-corrected chi connectivity index (χ0v) is 18.8. The summed E-state index contributed by atoms with van der Waals surface area (Å²) in [7, 11) is -3.60. The number of nitrogens with zero attached hydrogens (tertiary/aromatic N) is 3. The van der Waals surface area contributed by atoms with E-state index in [2.05, 4.69) is 10.3 Å². The third kappa shape index (κ3) is 4.44. The van der Waals surface area contributed by atoms with Crippen LogP contribution < -0.4 is 5.32 Å². The second-order valence-corrected chi connectivity index (χ2v) is 9.98. The van der Waals surface area contributed by atoms with Crippen LogP contribution in [0.4, 0.5) is 10.1 Å². The number of halogens is 1.